The van der Waals surface area contributed by atoms with E-state index in [0.717, 1.165) is 18.1 Å². The lowest BCUT2D eigenvalue weighted by Gasteiger charge is -2.28. The minimum Gasteiger partial charge on any atom is -0.339 e. The van der Waals surface area contributed by atoms with Crippen LogP contribution >= 0.6 is 0 Å². The van der Waals surface area contributed by atoms with Crippen molar-refractivity contribution >= 4 is 0 Å². The fourth-order valence-electron chi connectivity index (χ4n) is 2.40. The van der Waals surface area contributed by atoms with Gasteiger partial charge in [0.25, 0.3) is 0 Å². The zero-order valence-corrected chi connectivity index (χ0v) is 10.4. The van der Waals surface area contributed by atoms with E-state index in [4.69, 9.17) is 4.52 Å². The smallest absolute Gasteiger partial charge is 0.231 e. The first-order chi connectivity index (χ1) is 7.72. The minimum atomic E-state index is 0.342. The number of nitrogens with zero attached hydrogens (tertiary/aromatic N) is 2. The van der Waals surface area contributed by atoms with Gasteiger partial charge in [0.2, 0.25) is 5.89 Å². The lowest BCUT2D eigenvalue weighted by atomic mass is 9.84. The molecule has 1 heterocycles. The van der Waals surface area contributed by atoms with Crippen LogP contribution in [0.15, 0.2) is 4.52 Å². The molecule has 0 saturated heterocycles. The molecule has 1 N–H and O–H groups in total. The molecule has 4 heteroatoms. The fourth-order valence-corrected chi connectivity index (χ4v) is 2.40. The third-order valence-corrected chi connectivity index (χ3v) is 3.43. The van der Waals surface area contributed by atoms with Crippen molar-refractivity contribution in [1.82, 2.24) is 15.5 Å². The summed E-state index contributed by atoms with van der Waals surface area (Å²) in [5, 5.41) is 7.41. The Bertz CT molecular complexity index is 335. The molecule has 1 fully saturated rings. The predicted molar refractivity (Wildman–Crippen MR) is 62.4 cm³/mol. The van der Waals surface area contributed by atoms with Crippen LogP contribution < -0.4 is 5.32 Å². The summed E-state index contributed by atoms with van der Waals surface area (Å²) in [4.78, 5) is 4.51. The van der Waals surface area contributed by atoms with E-state index in [0.29, 0.717) is 17.9 Å². The van der Waals surface area contributed by atoms with Crippen LogP contribution in [-0.4, -0.2) is 23.2 Å². The number of likely N-dealkylation sites (N-methyl/N-ethyl adjacent to an activating group) is 1. The number of hydrogen-bond donors (Lipinski definition) is 1. The Balaban J connectivity index is 2.14. The Kier molecular flexibility index (Phi) is 3.59. The average molecular weight is 223 g/mol. The zero-order chi connectivity index (χ0) is 11.5. The van der Waals surface area contributed by atoms with Gasteiger partial charge in [-0.05, 0) is 19.9 Å². The molecule has 0 aromatic carbocycles. The molecule has 1 aromatic heterocycles. The van der Waals surface area contributed by atoms with E-state index in [1.807, 2.05) is 7.05 Å². The highest BCUT2D eigenvalue weighted by atomic mass is 16.5. The van der Waals surface area contributed by atoms with Crippen LogP contribution in [0.3, 0.4) is 0 Å². The van der Waals surface area contributed by atoms with Crippen LogP contribution in [0, 0.1) is 0 Å². The molecule has 1 saturated carbocycles. The molecule has 0 radical (unpaired) electrons. The molecular formula is C12H21N3O. The zero-order valence-electron chi connectivity index (χ0n) is 10.4. The first kappa shape index (κ1) is 11.6. The van der Waals surface area contributed by atoms with Gasteiger partial charge in [0.1, 0.15) is 0 Å². The van der Waals surface area contributed by atoms with Gasteiger partial charge in [-0.2, -0.15) is 4.98 Å². The van der Waals surface area contributed by atoms with Gasteiger partial charge in [-0.15, -0.1) is 0 Å². The summed E-state index contributed by atoms with van der Waals surface area (Å²) in [6.07, 6.45) is 4.93. The molecule has 16 heavy (non-hydrogen) atoms. The van der Waals surface area contributed by atoms with E-state index < -0.39 is 0 Å². The molecule has 2 unspecified atom stereocenters. The lowest BCUT2D eigenvalue weighted by Crippen LogP contribution is -2.34. The van der Waals surface area contributed by atoms with Crippen molar-refractivity contribution in [3.8, 4) is 0 Å². The van der Waals surface area contributed by atoms with Crippen LogP contribution in [0.1, 0.15) is 63.1 Å². The lowest BCUT2D eigenvalue weighted by molar-refractivity contribution is 0.269. The van der Waals surface area contributed by atoms with Crippen molar-refractivity contribution in [3.05, 3.63) is 11.7 Å². The predicted octanol–water partition coefficient (Wildman–Crippen LogP) is 2.44. The average Bonchev–Trinajstić information content (AvgIpc) is 2.78. The van der Waals surface area contributed by atoms with Crippen molar-refractivity contribution in [2.75, 3.05) is 7.05 Å². The molecule has 0 amide bonds. The van der Waals surface area contributed by atoms with Gasteiger partial charge < -0.3 is 9.84 Å². The number of nitrogens with one attached hydrogen (secondary N) is 1. The van der Waals surface area contributed by atoms with E-state index in [9.17, 15) is 0 Å². The minimum absolute atomic E-state index is 0.342. The van der Waals surface area contributed by atoms with Gasteiger partial charge in [0, 0.05) is 12.0 Å². The highest BCUT2D eigenvalue weighted by Crippen LogP contribution is 2.32. The molecule has 1 aliphatic rings. The molecule has 0 aliphatic heterocycles. The fraction of sp³-hybridized carbons (Fsp3) is 0.833. The van der Waals surface area contributed by atoms with Crippen molar-refractivity contribution in [2.24, 2.45) is 0 Å². The van der Waals surface area contributed by atoms with E-state index in [2.05, 4.69) is 29.3 Å². The van der Waals surface area contributed by atoms with Gasteiger partial charge >= 0.3 is 0 Å². The van der Waals surface area contributed by atoms with Gasteiger partial charge in [-0.25, -0.2) is 0 Å². The second-order valence-electron chi connectivity index (χ2n) is 4.93. The Labute approximate surface area is 96.8 Å². The summed E-state index contributed by atoms with van der Waals surface area (Å²) in [5.41, 5.74) is 0. The molecule has 4 nitrogen and oxygen atoms in total. The Morgan fingerprint density at radius 3 is 2.69 bits per heavy atom. The molecule has 0 bridgehead atoms. The van der Waals surface area contributed by atoms with E-state index >= 15 is 0 Å². The maximum atomic E-state index is 5.40. The third-order valence-electron chi connectivity index (χ3n) is 3.43. The van der Waals surface area contributed by atoms with E-state index in [-0.39, 0.29) is 0 Å². The standard InChI is InChI=1S/C12H21N3O/c1-8(2)11-14-12(16-15-11)9-6-4-5-7-10(9)13-3/h8-10,13H,4-7H2,1-3H3. The van der Waals surface area contributed by atoms with Gasteiger partial charge in [0.15, 0.2) is 5.82 Å². The first-order valence-corrected chi connectivity index (χ1v) is 6.23. The molecule has 90 valence electrons. The van der Waals surface area contributed by atoms with E-state index in [1.54, 1.807) is 0 Å². The largest absolute Gasteiger partial charge is 0.339 e. The van der Waals surface area contributed by atoms with Crippen LogP contribution in [0.2, 0.25) is 0 Å². The Morgan fingerprint density at radius 2 is 2.06 bits per heavy atom. The van der Waals surface area contributed by atoms with E-state index in [1.165, 1.54) is 19.3 Å². The van der Waals surface area contributed by atoms with Gasteiger partial charge in [-0.3, -0.25) is 0 Å². The summed E-state index contributed by atoms with van der Waals surface area (Å²) in [5.74, 6) is 2.39. The highest BCUT2D eigenvalue weighted by molar-refractivity contribution is 5.02. The number of hydrogen-bond acceptors (Lipinski definition) is 4. The number of aromatic nitrogens is 2. The van der Waals surface area contributed by atoms with Crippen LogP contribution in [-0.2, 0) is 0 Å². The summed E-state index contributed by atoms with van der Waals surface area (Å²) in [6, 6.07) is 0.495. The van der Waals surface area contributed by atoms with Gasteiger partial charge in [-0.1, -0.05) is 31.8 Å². The SMILES string of the molecule is CNC1CCCCC1c1nc(C(C)C)no1. The summed E-state index contributed by atoms with van der Waals surface area (Å²) < 4.78 is 5.40. The monoisotopic (exact) mass is 223 g/mol. The summed E-state index contributed by atoms with van der Waals surface area (Å²) in [6.45, 7) is 4.18. The van der Waals surface area contributed by atoms with Crippen LogP contribution in [0.25, 0.3) is 0 Å². The Hall–Kier alpha value is -0.900. The van der Waals surface area contributed by atoms with Crippen LogP contribution in [0.4, 0.5) is 0 Å². The molecular weight excluding hydrogens is 202 g/mol. The van der Waals surface area contributed by atoms with Crippen molar-refractivity contribution in [3.63, 3.8) is 0 Å². The first-order valence-electron chi connectivity index (χ1n) is 6.23. The topological polar surface area (TPSA) is 51.0 Å². The number of rotatable bonds is 3. The maximum Gasteiger partial charge on any atom is 0.231 e. The Morgan fingerprint density at radius 1 is 1.31 bits per heavy atom. The second-order valence-corrected chi connectivity index (χ2v) is 4.93. The molecule has 1 aliphatic carbocycles. The molecule has 2 atom stereocenters. The van der Waals surface area contributed by atoms with Crippen molar-refractivity contribution in [2.45, 2.75) is 57.4 Å². The molecule has 2 rings (SSSR count). The summed E-state index contributed by atoms with van der Waals surface area (Å²) in [7, 11) is 2.02. The highest BCUT2D eigenvalue weighted by Gasteiger charge is 2.29. The quantitative estimate of drug-likeness (QED) is 0.855. The van der Waals surface area contributed by atoms with Crippen molar-refractivity contribution < 1.29 is 4.52 Å². The second kappa shape index (κ2) is 4.95. The third kappa shape index (κ3) is 2.26. The maximum absolute atomic E-state index is 5.40. The molecule has 0 spiro atoms. The summed E-state index contributed by atoms with van der Waals surface area (Å²) >= 11 is 0. The van der Waals surface area contributed by atoms with Gasteiger partial charge in [0.05, 0.1) is 5.92 Å². The molecule has 1 aromatic rings. The van der Waals surface area contributed by atoms with Crippen molar-refractivity contribution in [1.29, 1.82) is 0 Å². The normalized spacial score (nSPS) is 26.2. The van der Waals surface area contributed by atoms with Crippen LogP contribution in [0.5, 0.6) is 0 Å².